The Labute approximate surface area is 198 Å². The lowest BCUT2D eigenvalue weighted by molar-refractivity contribution is 0.0950. The predicted octanol–water partition coefficient (Wildman–Crippen LogP) is 3.74. The smallest absolute Gasteiger partial charge is 0.251 e. The number of imidazole rings is 1. The van der Waals surface area contributed by atoms with Gasteiger partial charge in [0.25, 0.3) is 5.91 Å². The molecule has 2 heterocycles. The van der Waals surface area contributed by atoms with Crippen molar-refractivity contribution in [1.82, 2.24) is 19.6 Å². The molecule has 0 atom stereocenters. The SMILES string of the molecule is CN(C)CCNC(=O)c1cccc(OCc2nc3ccccn3c2C#Cc2ccc(F)cc2)c1. The van der Waals surface area contributed by atoms with Crippen molar-refractivity contribution in [2.24, 2.45) is 0 Å². The summed E-state index contributed by atoms with van der Waals surface area (Å²) in [6.07, 6.45) is 1.89. The van der Waals surface area contributed by atoms with Crippen LogP contribution in [0.25, 0.3) is 5.65 Å². The molecule has 4 rings (SSSR count). The number of hydrogen-bond acceptors (Lipinski definition) is 4. The summed E-state index contributed by atoms with van der Waals surface area (Å²) in [7, 11) is 3.91. The Kier molecular flexibility index (Phi) is 7.21. The first-order chi connectivity index (χ1) is 16.5. The molecule has 0 saturated carbocycles. The number of aromatic nitrogens is 2. The van der Waals surface area contributed by atoms with Crippen molar-refractivity contribution >= 4 is 11.6 Å². The number of ether oxygens (including phenoxy) is 1. The maximum atomic E-state index is 13.2. The summed E-state index contributed by atoms with van der Waals surface area (Å²) in [6, 6.07) is 18.8. The summed E-state index contributed by atoms with van der Waals surface area (Å²) in [6.45, 7) is 1.51. The highest BCUT2D eigenvalue weighted by Crippen LogP contribution is 2.18. The van der Waals surface area contributed by atoms with Crippen molar-refractivity contribution in [3.05, 3.63) is 101 Å². The minimum Gasteiger partial charge on any atom is -0.487 e. The van der Waals surface area contributed by atoms with E-state index in [4.69, 9.17) is 4.74 Å². The van der Waals surface area contributed by atoms with Crippen LogP contribution in [0.15, 0.2) is 72.9 Å². The normalized spacial score (nSPS) is 10.7. The van der Waals surface area contributed by atoms with Crippen LogP contribution >= 0.6 is 0 Å². The van der Waals surface area contributed by atoms with E-state index >= 15 is 0 Å². The Morgan fingerprint density at radius 3 is 2.71 bits per heavy atom. The summed E-state index contributed by atoms with van der Waals surface area (Å²) in [5, 5.41) is 2.90. The number of amides is 1. The maximum absolute atomic E-state index is 13.2. The van der Waals surface area contributed by atoms with Gasteiger partial charge in [-0.05, 0) is 74.6 Å². The second kappa shape index (κ2) is 10.6. The largest absolute Gasteiger partial charge is 0.487 e. The highest BCUT2D eigenvalue weighted by Gasteiger charge is 2.12. The van der Waals surface area contributed by atoms with Crippen LogP contribution in [0.2, 0.25) is 0 Å². The second-order valence-corrected chi connectivity index (χ2v) is 7.97. The van der Waals surface area contributed by atoms with Gasteiger partial charge in [-0.2, -0.15) is 0 Å². The van der Waals surface area contributed by atoms with Crippen LogP contribution in [0.3, 0.4) is 0 Å². The molecule has 0 unspecified atom stereocenters. The van der Waals surface area contributed by atoms with E-state index in [2.05, 4.69) is 22.1 Å². The molecular formula is C27H25FN4O2. The average molecular weight is 457 g/mol. The van der Waals surface area contributed by atoms with Gasteiger partial charge >= 0.3 is 0 Å². The monoisotopic (exact) mass is 456 g/mol. The Hall–Kier alpha value is -4.15. The van der Waals surface area contributed by atoms with Crippen molar-refractivity contribution in [1.29, 1.82) is 0 Å². The topological polar surface area (TPSA) is 58.9 Å². The Morgan fingerprint density at radius 1 is 1.09 bits per heavy atom. The van der Waals surface area contributed by atoms with Gasteiger partial charge in [-0.25, -0.2) is 9.37 Å². The Bertz CT molecular complexity index is 1350. The minimum absolute atomic E-state index is 0.147. The first-order valence-electron chi connectivity index (χ1n) is 10.9. The van der Waals surface area contributed by atoms with Crippen molar-refractivity contribution in [2.75, 3.05) is 27.2 Å². The quantitative estimate of drug-likeness (QED) is 0.431. The standard InChI is InChI=1S/C27H25FN4O2/c1-31(2)17-15-29-27(33)21-6-5-7-23(18-21)34-19-24-25(32-16-4-3-8-26(32)30-24)14-11-20-9-12-22(28)13-10-20/h3-10,12-13,16,18H,15,17,19H2,1-2H3,(H,29,33). The van der Waals surface area contributed by atoms with Gasteiger partial charge in [0, 0.05) is 30.4 Å². The van der Waals surface area contributed by atoms with E-state index in [-0.39, 0.29) is 18.3 Å². The molecule has 34 heavy (non-hydrogen) atoms. The maximum Gasteiger partial charge on any atom is 0.251 e. The summed E-state index contributed by atoms with van der Waals surface area (Å²) >= 11 is 0. The molecule has 1 amide bonds. The molecule has 0 spiro atoms. The third-order valence-electron chi connectivity index (χ3n) is 5.09. The number of carbonyl (C=O) groups is 1. The number of fused-ring (bicyclic) bond motifs is 1. The number of pyridine rings is 1. The van der Waals surface area contributed by atoms with E-state index in [1.165, 1.54) is 12.1 Å². The zero-order valence-corrected chi connectivity index (χ0v) is 19.1. The molecule has 2 aromatic carbocycles. The third kappa shape index (κ3) is 5.80. The highest BCUT2D eigenvalue weighted by molar-refractivity contribution is 5.94. The van der Waals surface area contributed by atoms with Crippen molar-refractivity contribution < 1.29 is 13.9 Å². The molecule has 0 aliphatic carbocycles. The van der Waals surface area contributed by atoms with Gasteiger partial charge in [0.2, 0.25) is 0 Å². The van der Waals surface area contributed by atoms with Gasteiger partial charge in [0.15, 0.2) is 0 Å². The summed E-state index contributed by atoms with van der Waals surface area (Å²) < 4.78 is 21.1. The number of rotatable bonds is 7. The second-order valence-electron chi connectivity index (χ2n) is 7.97. The van der Waals surface area contributed by atoms with Gasteiger partial charge in [-0.1, -0.05) is 18.1 Å². The van der Waals surface area contributed by atoms with Gasteiger partial charge in [0.05, 0.1) is 0 Å². The van der Waals surface area contributed by atoms with Crippen molar-refractivity contribution in [3.63, 3.8) is 0 Å². The lowest BCUT2D eigenvalue weighted by Crippen LogP contribution is -2.31. The van der Waals surface area contributed by atoms with Crippen molar-refractivity contribution in [2.45, 2.75) is 6.61 Å². The fourth-order valence-corrected chi connectivity index (χ4v) is 3.32. The van der Waals surface area contributed by atoms with E-state index in [1.54, 1.807) is 36.4 Å². The summed E-state index contributed by atoms with van der Waals surface area (Å²) in [5.74, 6) is 6.33. The van der Waals surface area contributed by atoms with E-state index in [9.17, 15) is 9.18 Å². The molecule has 0 bridgehead atoms. The number of nitrogens with one attached hydrogen (secondary N) is 1. The molecule has 0 saturated heterocycles. The van der Waals surface area contributed by atoms with Crippen LogP contribution in [0.4, 0.5) is 4.39 Å². The number of carbonyl (C=O) groups excluding carboxylic acids is 1. The number of hydrogen-bond donors (Lipinski definition) is 1. The van der Waals surface area contributed by atoms with Crippen LogP contribution < -0.4 is 10.1 Å². The Balaban J connectivity index is 1.52. The molecule has 7 heteroatoms. The number of nitrogens with zero attached hydrogens (tertiary/aromatic N) is 3. The molecule has 0 aliphatic heterocycles. The van der Waals surface area contributed by atoms with Gasteiger partial charge in [-0.15, -0.1) is 0 Å². The van der Waals surface area contributed by atoms with E-state index in [1.807, 2.05) is 47.8 Å². The summed E-state index contributed by atoms with van der Waals surface area (Å²) in [5.41, 5.74) is 3.34. The van der Waals surface area contributed by atoms with Crippen LogP contribution in [-0.4, -0.2) is 47.4 Å². The molecule has 1 N–H and O–H groups in total. The van der Waals surface area contributed by atoms with E-state index in [0.29, 0.717) is 34.8 Å². The van der Waals surface area contributed by atoms with E-state index in [0.717, 1.165) is 12.2 Å². The highest BCUT2D eigenvalue weighted by atomic mass is 19.1. The summed E-state index contributed by atoms with van der Waals surface area (Å²) in [4.78, 5) is 19.1. The van der Waals surface area contributed by atoms with Gasteiger partial charge in [-0.3, -0.25) is 9.20 Å². The van der Waals surface area contributed by atoms with Gasteiger partial charge in [0.1, 0.15) is 35.2 Å². The fraction of sp³-hybridized carbons (Fsp3) is 0.185. The molecule has 172 valence electrons. The average Bonchev–Trinajstić information content (AvgIpc) is 3.20. The number of benzene rings is 2. The van der Waals surface area contributed by atoms with Crippen LogP contribution in [0.1, 0.15) is 27.3 Å². The number of likely N-dealkylation sites (N-methyl/N-ethyl adjacent to an activating group) is 1. The number of halogens is 1. The van der Waals surface area contributed by atoms with Crippen LogP contribution in [0.5, 0.6) is 5.75 Å². The molecule has 0 aliphatic rings. The van der Waals surface area contributed by atoms with Crippen molar-refractivity contribution in [3.8, 4) is 17.6 Å². The lowest BCUT2D eigenvalue weighted by atomic mass is 10.2. The van der Waals surface area contributed by atoms with Crippen LogP contribution in [-0.2, 0) is 6.61 Å². The minimum atomic E-state index is -0.303. The van der Waals surface area contributed by atoms with Gasteiger partial charge < -0.3 is 15.0 Å². The predicted molar refractivity (Wildman–Crippen MR) is 129 cm³/mol. The molecule has 4 aromatic rings. The first-order valence-corrected chi connectivity index (χ1v) is 10.9. The first kappa shape index (κ1) is 23.0. The van der Waals surface area contributed by atoms with Crippen LogP contribution in [0, 0.1) is 17.7 Å². The molecule has 2 aromatic heterocycles. The molecular weight excluding hydrogens is 431 g/mol. The molecule has 0 radical (unpaired) electrons. The Morgan fingerprint density at radius 2 is 1.91 bits per heavy atom. The molecule has 6 nitrogen and oxygen atoms in total. The lowest BCUT2D eigenvalue weighted by Gasteiger charge is -2.11. The zero-order valence-electron chi connectivity index (χ0n) is 19.1. The van der Waals surface area contributed by atoms with E-state index < -0.39 is 0 Å². The fourth-order valence-electron chi connectivity index (χ4n) is 3.32. The molecule has 0 fully saturated rings. The zero-order chi connectivity index (χ0) is 23.9. The third-order valence-corrected chi connectivity index (χ3v) is 5.09.